The summed E-state index contributed by atoms with van der Waals surface area (Å²) in [5.41, 5.74) is 0. The number of rotatable bonds is 2. The molecule has 0 bridgehead atoms. The lowest BCUT2D eigenvalue weighted by molar-refractivity contribution is -0.778. The highest BCUT2D eigenvalue weighted by Gasteiger charge is 2.28. The van der Waals surface area contributed by atoms with Crippen LogP contribution in [0.3, 0.4) is 0 Å². The van der Waals surface area contributed by atoms with Gasteiger partial charge < -0.3 is 0 Å². The van der Waals surface area contributed by atoms with Gasteiger partial charge in [-0.05, 0) is 0 Å². The molecule has 0 saturated carbocycles. The largest absolute Gasteiger partial charge is 0.333 e. The molecule has 1 aliphatic heterocycles. The molecule has 0 aromatic rings. The highest BCUT2D eigenvalue weighted by Crippen LogP contribution is 1.82. The average Bonchev–Trinajstić information content (AvgIpc) is 2.18. The molecule has 1 atom stereocenters. The van der Waals surface area contributed by atoms with Crippen LogP contribution in [0.2, 0.25) is 0 Å². The Balaban J connectivity index is 2.64. The van der Waals surface area contributed by atoms with E-state index in [9.17, 15) is 4.79 Å². The molecule has 11 heavy (non-hydrogen) atoms. The van der Waals surface area contributed by atoms with Gasteiger partial charge in [0.25, 0.3) is 0 Å². The van der Waals surface area contributed by atoms with E-state index in [1.807, 2.05) is 0 Å². The van der Waals surface area contributed by atoms with Gasteiger partial charge in [-0.3, -0.25) is 4.79 Å². The third-order valence-corrected chi connectivity index (χ3v) is 2.26. The lowest BCUT2D eigenvalue weighted by Crippen LogP contribution is -3.10. The molecule has 62 valence electrons. The Labute approximate surface area is 67.3 Å². The Morgan fingerprint density at radius 3 is 2.73 bits per heavy atom. The Hall–Kier alpha value is -0.700. The predicted molar refractivity (Wildman–Crippen MR) is 43.1 cm³/mol. The number of hydrogen-bond acceptors (Lipinski definition) is 1. The first-order chi connectivity index (χ1) is 5.11. The number of carbonyl (C=O) groups is 1. The fraction of sp³-hybridized carbons (Fsp3) is 0.750. The lowest BCUT2D eigenvalue weighted by atomic mass is 10.4. The maximum Gasteiger partial charge on any atom is 0.333 e. The van der Waals surface area contributed by atoms with Crippen LogP contribution in [0.15, 0.2) is 0 Å². The van der Waals surface area contributed by atoms with Crippen molar-refractivity contribution >= 4 is 11.6 Å². The second kappa shape index (κ2) is 3.13. The van der Waals surface area contributed by atoms with Gasteiger partial charge in [0.2, 0.25) is 6.54 Å². The van der Waals surface area contributed by atoms with Crippen LogP contribution in [-0.2, 0) is 4.79 Å². The van der Waals surface area contributed by atoms with Crippen molar-refractivity contribution in [1.82, 2.24) is 0 Å². The SMILES string of the molecule is CC(=O)C[N+]1=C(C)[NH+](C)CC1. The summed E-state index contributed by atoms with van der Waals surface area (Å²) < 4.78 is 2.15. The standard InChI is InChI=1S/C8H15N2O/c1-7(11)6-10-5-4-9(3)8(10)2/h4-6H2,1-3H3/q+1/p+1. The van der Waals surface area contributed by atoms with Crippen molar-refractivity contribution in [2.75, 3.05) is 26.7 Å². The molecule has 0 spiro atoms. The van der Waals surface area contributed by atoms with Crippen molar-refractivity contribution in [3.8, 4) is 0 Å². The van der Waals surface area contributed by atoms with E-state index in [2.05, 4.69) is 18.5 Å². The van der Waals surface area contributed by atoms with Gasteiger partial charge in [0.1, 0.15) is 6.54 Å². The number of ketones is 1. The molecule has 0 radical (unpaired) electrons. The van der Waals surface area contributed by atoms with Gasteiger partial charge in [0.05, 0.1) is 14.0 Å². The number of quaternary nitrogens is 1. The number of likely N-dealkylation sites (N-methyl/N-ethyl adjacent to an activating group) is 1. The zero-order valence-corrected chi connectivity index (χ0v) is 7.48. The summed E-state index contributed by atoms with van der Waals surface area (Å²) in [7, 11) is 2.13. The Morgan fingerprint density at radius 1 is 1.73 bits per heavy atom. The molecule has 1 rings (SSSR count). The first-order valence-corrected chi connectivity index (χ1v) is 4.02. The summed E-state index contributed by atoms with van der Waals surface area (Å²) in [6.07, 6.45) is 0. The minimum absolute atomic E-state index is 0.249. The highest BCUT2D eigenvalue weighted by molar-refractivity contribution is 5.77. The molecular weight excluding hydrogens is 140 g/mol. The summed E-state index contributed by atoms with van der Waals surface area (Å²) in [6, 6.07) is 0. The number of carbonyl (C=O) groups excluding carboxylic acids is 1. The minimum Gasteiger partial charge on any atom is -0.293 e. The van der Waals surface area contributed by atoms with Gasteiger partial charge in [-0.2, -0.15) is 4.58 Å². The molecular formula is C8H16N2O+2. The third kappa shape index (κ3) is 1.87. The Kier molecular flexibility index (Phi) is 2.39. The highest BCUT2D eigenvalue weighted by atomic mass is 16.1. The normalized spacial score (nSPS) is 24.5. The molecule has 1 unspecified atom stereocenters. The topological polar surface area (TPSA) is 24.5 Å². The molecule has 1 N–H and O–H groups in total. The van der Waals surface area contributed by atoms with Crippen molar-refractivity contribution in [1.29, 1.82) is 0 Å². The van der Waals surface area contributed by atoms with Crippen LogP contribution in [0, 0.1) is 0 Å². The average molecular weight is 156 g/mol. The maximum atomic E-state index is 10.8. The summed E-state index contributed by atoms with van der Waals surface area (Å²) in [6.45, 7) is 6.46. The van der Waals surface area contributed by atoms with Crippen LogP contribution >= 0.6 is 0 Å². The monoisotopic (exact) mass is 156 g/mol. The van der Waals surface area contributed by atoms with Crippen LogP contribution < -0.4 is 4.90 Å². The molecule has 0 saturated heterocycles. The van der Waals surface area contributed by atoms with E-state index in [0.29, 0.717) is 6.54 Å². The zero-order valence-electron chi connectivity index (χ0n) is 7.48. The van der Waals surface area contributed by atoms with Gasteiger partial charge in [-0.1, -0.05) is 0 Å². The molecule has 3 heteroatoms. The van der Waals surface area contributed by atoms with Gasteiger partial charge >= 0.3 is 5.84 Å². The van der Waals surface area contributed by atoms with Gasteiger partial charge in [0.15, 0.2) is 12.3 Å². The molecule has 0 aliphatic carbocycles. The quantitative estimate of drug-likeness (QED) is 0.485. The first-order valence-electron chi connectivity index (χ1n) is 4.02. The summed E-state index contributed by atoms with van der Waals surface area (Å²) >= 11 is 0. The smallest absolute Gasteiger partial charge is 0.293 e. The zero-order chi connectivity index (χ0) is 8.43. The van der Waals surface area contributed by atoms with Gasteiger partial charge in [-0.25, -0.2) is 4.90 Å². The number of nitrogens with zero attached hydrogens (tertiary/aromatic N) is 1. The predicted octanol–water partition coefficient (Wildman–Crippen LogP) is -1.47. The molecule has 0 aromatic heterocycles. The van der Waals surface area contributed by atoms with Crippen molar-refractivity contribution in [3.05, 3.63) is 0 Å². The third-order valence-electron chi connectivity index (χ3n) is 2.26. The van der Waals surface area contributed by atoms with Crippen molar-refractivity contribution in [2.24, 2.45) is 0 Å². The minimum atomic E-state index is 0.249. The number of Topliss-reactive ketones (excluding diaryl/α,β-unsaturated/α-hetero) is 1. The summed E-state index contributed by atoms with van der Waals surface area (Å²) in [5, 5.41) is 0. The van der Waals surface area contributed by atoms with E-state index in [0.717, 1.165) is 13.1 Å². The molecule has 1 aliphatic rings. The summed E-state index contributed by atoms with van der Waals surface area (Å²) in [5.74, 6) is 1.54. The van der Waals surface area contributed by atoms with Crippen LogP contribution in [0.5, 0.6) is 0 Å². The molecule has 0 aromatic carbocycles. The fourth-order valence-corrected chi connectivity index (χ4v) is 1.39. The molecule has 1 heterocycles. The van der Waals surface area contributed by atoms with Crippen LogP contribution in [-0.4, -0.2) is 42.9 Å². The van der Waals surface area contributed by atoms with E-state index in [1.54, 1.807) is 6.92 Å². The lowest BCUT2D eigenvalue weighted by Gasteiger charge is -1.96. The number of amidine groups is 1. The van der Waals surface area contributed by atoms with E-state index >= 15 is 0 Å². The van der Waals surface area contributed by atoms with Crippen molar-refractivity contribution in [3.63, 3.8) is 0 Å². The van der Waals surface area contributed by atoms with Crippen molar-refractivity contribution < 1.29 is 14.3 Å². The van der Waals surface area contributed by atoms with Crippen molar-refractivity contribution in [2.45, 2.75) is 13.8 Å². The second-order valence-electron chi connectivity index (χ2n) is 3.24. The van der Waals surface area contributed by atoms with Gasteiger partial charge in [-0.15, -0.1) is 0 Å². The fourth-order valence-electron chi connectivity index (χ4n) is 1.39. The maximum absolute atomic E-state index is 10.8. The van der Waals surface area contributed by atoms with Crippen LogP contribution in [0.1, 0.15) is 13.8 Å². The molecule has 3 nitrogen and oxygen atoms in total. The summed E-state index contributed by atoms with van der Waals surface area (Å²) in [4.78, 5) is 12.2. The Morgan fingerprint density at radius 2 is 2.36 bits per heavy atom. The Bertz CT molecular complexity index is 208. The van der Waals surface area contributed by atoms with E-state index < -0.39 is 0 Å². The van der Waals surface area contributed by atoms with Crippen LogP contribution in [0.4, 0.5) is 0 Å². The number of nitrogens with one attached hydrogen (secondary N) is 1. The molecule has 0 amide bonds. The van der Waals surface area contributed by atoms with Crippen LogP contribution in [0.25, 0.3) is 0 Å². The second-order valence-corrected chi connectivity index (χ2v) is 3.24. The number of hydrogen-bond donors (Lipinski definition) is 1. The molecule has 0 fully saturated rings. The first kappa shape index (κ1) is 8.40. The van der Waals surface area contributed by atoms with E-state index in [1.165, 1.54) is 10.7 Å². The van der Waals surface area contributed by atoms with Gasteiger partial charge in [0, 0.05) is 6.92 Å². The van der Waals surface area contributed by atoms with E-state index in [-0.39, 0.29) is 5.78 Å². The van der Waals surface area contributed by atoms with E-state index in [4.69, 9.17) is 0 Å².